The van der Waals surface area contributed by atoms with E-state index in [1.165, 1.54) is 5.56 Å². The molecule has 0 N–H and O–H groups in total. The lowest BCUT2D eigenvalue weighted by Crippen LogP contribution is -2.03. The molecule has 1 aliphatic heterocycles. The lowest BCUT2D eigenvalue weighted by molar-refractivity contribution is -0.137. The van der Waals surface area contributed by atoms with E-state index in [1.807, 2.05) is 91.9 Å². The average Bonchev–Trinajstić information content (AvgIpc) is 3.01. The highest BCUT2D eigenvalue weighted by Gasteiger charge is 2.36. The summed E-state index contributed by atoms with van der Waals surface area (Å²) in [5.41, 5.74) is 5.65. The fourth-order valence-electron chi connectivity index (χ4n) is 3.23. The van der Waals surface area contributed by atoms with Gasteiger partial charge in [0.05, 0.1) is 5.57 Å². The third kappa shape index (κ3) is 2.87. The summed E-state index contributed by atoms with van der Waals surface area (Å²) in [7, 11) is 0. The number of carbonyl (C=O) groups excluding carboxylic acids is 1. The zero-order valence-electron chi connectivity index (χ0n) is 14.0. The van der Waals surface area contributed by atoms with Crippen molar-refractivity contribution in [2.75, 3.05) is 0 Å². The summed E-state index contributed by atoms with van der Waals surface area (Å²) in [5.74, 6) is -0.268. The van der Waals surface area contributed by atoms with Gasteiger partial charge in [0.2, 0.25) is 0 Å². The molecule has 0 aliphatic carbocycles. The Bertz CT molecular complexity index is 923. The minimum Gasteiger partial charge on any atom is -0.449 e. The van der Waals surface area contributed by atoms with Gasteiger partial charge in [0.25, 0.3) is 0 Å². The third-order valence-corrected chi connectivity index (χ3v) is 4.49. The number of ether oxygens (including phenoxy) is 1. The van der Waals surface area contributed by atoms with Crippen LogP contribution in [0.3, 0.4) is 0 Å². The molecular weight excluding hydrogens is 308 g/mol. The van der Waals surface area contributed by atoms with Crippen molar-refractivity contribution in [1.82, 2.24) is 0 Å². The number of carbonyl (C=O) groups is 1. The van der Waals surface area contributed by atoms with Crippen LogP contribution < -0.4 is 0 Å². The summed E-state index contributed by atoms with van der Waals surface area (Å²) in [6.45, 7) is 2.05. The third-order valence-electron chi connectivity index (χ3n) is 4.49. The first kappa shape index (κ1) is 15.4. The number of hydrogen-bond donors (Lipinski definition) is 0. The highest BCUT2D eigenvalue weighted by Crippen LogP contribution is 2.45. The van der Waals surface area contributed by atoms with E-state index >= 15 is 0 Å². The van der Waals surface area contributed by atoms with Crippen molar-refractivity contribution in [3.8, 4) is 0 Å². The standard InChI is InChI=1S/C23H18O2/c1-16-12-14-19(15-13-16)22-20(17-8-4-2-5-9-17)21(23(24)25-22)18-10-6-3-7-11-18/h2-15,22H,1H3. The van der Waals surface area contributed by atoms with Gasteiger partial charge in [0.1, 0.15) is 0 Å². The Morgan fingerprint density at radius 2 is 1.28 bits per heavy atom. The second kappa shape index (κ2) is 6.40. The lowest BCUT2D eigenvalue weighted by Gasteiger charge is -2.15. The van der Waals surface area contributed by atoms with Gasteiger partial charge in [-0.05, 0) is 23.6 Å². The number of aryl methyl sites for hydroxylation is 1. The maximum Gasteiger partial charge on any atom is 0.340 e. The summed E-state index contributed by atoms with van der Waals surface area (Å²) < 4.78 is 5.81. The predicted octanol–water partition coefficient (Wildman–Crippen LogP) is 5.20. The fraction of sp³-hybridized carbons (Fsp3) is 0.0870. The molecule has 122 valence electrons. The molecule has 0 radical (unpaired) electrons. The Labute approximate surface area is 147 Å². The van der Waals surface area contributed by atoms with Crippen molar-refractivity contribution >= 4 is 17.1 Å². The molecule has 1 heterocycles. The van der Waals surface area contributed by atoms with E-state index in [0.717, 1.165) is 22.3 Å². The Balaban J connectivity index is 1.93. The van der Waals surface area contributed by atoms with Gasteiger partial charge in [-0.25, -0.2) is 4.79 Å². The molecule has 0 saturated carbocycles. The van der Waals surface area contributed by atoms with Crippen LogP contribution in [0.25, 0.3) is 11.1 Å². The summed E-state index contributed by atoms with van der Waals surface area (Å²) in [4.78, 5) is 12.7. The zero-order chi connectivity index (χ0) is 17.2. The van der Waals surface area contributed by atoms with E-state index in [2.05, 4.69) is 0 Å². The second-order valence-corrected chi connectivity index (χ2v) is 6.22. The molecule has 3 aromatic carbocycles. The van der Waals surface area contributed by atoms with Crippen molar-refractivity contribution in [2.45, 2.75) is 13.0 Å². The molecular formula is C23H18O2. The molecule has 0 aromatic heterocycles. The van der Waals surface area contributed by atoms with E-state index in [4.69, 9.17) is 4.74 Å². The van der Waals surface area contributed by atoms with E-state index in [-0.39, 0.29) is 12.1 Å². The average molecular weight is 326 g/mol. The molecule has 4 rings (SSSR count). The Hall–Kier alpha value is -3.13. The quantitative estimate of drug-likeness (QED) is 0.618. The van der Waals surface area contributed by atoms with Crippen molar-refractivity contribution < 1.29 is 9.53 Å². The van der Waals surface area contributed by atoms with Gasteiger partial charge in [-0.3, -0.25) is 0 Å². The van der Waals surface area contributed by atoms with E-state index in [1.54, 1.807) is 0 Å². The second-order valence-electron chi connectivity index (χ2n) is 6.22. The normalized spacial score (nSPS) is 16.8. The minimum atomic E-state index is -0.384. The number of cyclic esters (lactones) is 1. The maximum absolute atomic E-state index is 12.7. The van der Waals surface area contributed by atoms with Crippen molar-refractivity contribution in [3.63, 3.8) is 0 Å². The van der Waals surface area contributed by atoms with Crippen LogP contribution in [-0.4, -0.2) is 5.97 Å². The summed E-state index contributed by atoms with van der Waals surface area (Å²) >= 11 is 0. The molecule has 2 heteroatoms. The number of benzene rings is 3. The first-order chi connectivity index (χ1) is 12.2. The van der Waals surface area contributed by atoms with Gasteiger partial charge in [-0.1, -0.05) is 90.5 Å². The fourth-order valence-corrected chi connectivity index (χ4v) is 3.23. The van der Waals surface area contributed by atoms with Crippen molar-refractivity contribution in [3.05, 3.63) is 107 Å². The van der Waals surface area contributed by atoms with Gasteiger partial charge in [-0.2, -0.15) is 0 Å². The number of rotatable bonds is 3. The van der Waals surface area contributed by atoms with Crippen LogP contribution in [0.4, 0.5) is 0 Å². The topological polar surface area (TPSA) is 26.3 Å². The highest BCUT2D eigenvalue weighted by molar-refractivity contribution is 6.28. The zero-order valence-corrected chi connectivity index (χ0v) is 14.0. The molecule has 2 nitrogen and oxygen atoms in total. The monoisotopic (exact) mass is 326 g/mol. The Kier molecular flexibility index (Phi) is 3.95. The molecule has 1 atom stereocenters. The lowest BCUT2D eigenvalue weighted by atomic mass is 9.90. The highest BCUT2D eigenvalue weighted by atomic mass is 16.5. The molecule has 0 saturated heterocycles. The van der Waals surface area contributed by atoms with Crippen molar-refractivity contribution in [2.24, 2.45) is 0 Å². The van der Waals surface area contributed by atoms with Gasteiger partial charge >= 0.3 is 5.97 Å². The van der Waals surface area contributed by atoms with E-state index in [0.29, 0.717) is 5.57 Å². The molecule has 3 aromatic rings. The van der Waals surface area contributed by atoms with Crippen LogP contribution in [0.15, 0.2) is 84.9 Å². The largest absolute Gasteiger partial charge is 0.449 e. The summed E-state index contributed by atoms with van der Waals surface area (Å²) in [5, 5.41) is 0. The number of esters is 1. The van der Waals surface area contributed by atoms with Gasteiger partial charge in [-0.15, -0.1) is 0 Å². The minimum absolute atomic E-state index is 0.268. The molecule has 25 heavy (non-hydrogen) atoms. The smallest absolute Gasteiger partial charge is 0.340 e. The van der Waals surface area contributed by atoms with Crippen LogP contribution in [0.5, 0.6) is 0 Å². The van der Waals surface area contributed by atoms with Gasteiger partial charge in [0.15, 0.2) is 6.10 Å². The summed E-state index contributed by atoms with van der Waals surface area (Å²) in [6.07, 6.45) is -0.384. The van der Waals surface area contributed by atoms with Gasteiger partial charge < -0.3 is 4.74 Å². The molecule has 0 fully saturated rings. The van der Waals surface area contributed by atoms with Crippen LogP contribution in [-0.2, 0) is 9.53 Å². The van der Waals surface area contributed by atoms with Crippen LogP contribution in [0, 0.1) is 6.92 Å². The predicted molar refractivity (Wildman–Crippen MR) is 99.7 cm³/mol. The Morgan fingerprint density at radius 3 is 1.88 bits per heavy atom. The molecule has 0 bridgehead atoms. The van der Waals surface area contributed by atoms with E-state index < -0.39 is 0 Å². The molecule has 1 unspecified atom stereocenters. The molecule has 0 amide bonds. The number of hydrogen-bond acceptors (Lipinski definition) is 2. The molecule has 1 aliphatic rings. The maximum atomic E-state index is 12.7. The Morgan fingerprint density at radius 1 is 0.720 bits per heavy atom. The summed E-state index contributed by atoms with van der Waals surface area (Å²) in [6, 6.07) is 27.9. The first-order valence-electron chi connectivity index (χ1n) is 8.36. The van der Waals surface area contributed by atoms with Crippen LogP contribution >= 0.6 is 0 Å². The van der Waals surface area contributed by atoms with Crippen LogP contribution in [0.1, 0.15) is 28.4 Å². The SMILES string of the molecule is Cc1ccc(C2OC(=O)C(c3ccccc3)=C2c2ccccc2)cc1. The first-order valence-corrected chi connectivity index (χ1v) is 8.36. The molecule has 0 spiro atoms. The van der Waals surface area contributed by atoms with Gasteiger partial charge in [0, 0.05) is 5.57 Å². The van der Waals surface area contributed by atoms with E-state index in [9.17, 15) is 4.79 Å². The van der Waals surface area contributed by atoms with Crippen molar-refractivity contribution in [1.29, 1.82) is 0 Å². The van der Waals surface area contributed by atoms with Crippen LogP contribution in [0.2, 0.25) is 0 Å².